The Hall–Kier alpha value is -3.21. The van der Waals surface area contributed by atoms with Crippen molar-refractivity contribution in [3.63, 3.8) is 0 Å². The van der Waals surface area contributed by atoms with Gasteiger partial charge in [0.15, 0.2) is 0 Å². The summed E-state index contributed by atoms with van der Waals surface area (Å²) in [4.78, 5) is 28.9. The highest BCUT2D eigenvalue weighted by Gasteiger charge is 2.79. The summed E-state index contributed by atoms with van der Waals surface area (Å²) in [6, 6.07) is 5.46. The second-order valence-electron chi connectivity index (χ2n) is 10.3. The maximum Gasteiger partial charge on any atom is 0.394 e. The molecule has 36 heavy (non-hydrogen) atoms. The third kappa shape index (κ3) is 3.24. The van der Waals surface area contributed by atoms with Crippen LogP contribution in [0.1, 0.15) is 42.4 Å². The summed E-state index contributed by atoms with van der Waals surface area (Å²) >= 11 is 0. The Labute approximate surface area is 205 Å². The average molecular weight is 502 g/mol. The fraction of sp³-hybridized carbons (Fsp3) is 0.520. The van der Waals surface area contributed by atoms with Gasteiger partial charge in [0.2, 0.25) is 5.88 Å². The Bertz CT molecular complexity index is 1420. The van der Waals surface area contributed by atoms with E-state index in [2.05, 4.69) is 9.97 Å². The van der Waals surface area contributed by atoms with Crippen molar-refractivity contribution in [2.45, 2.75) is 43.9 Å². The summed E-state index contributed by atoms with van der Waals surface area (Å²) < 4.78 is 53.5. The van der Waals surface area contributed by atoms with Crippen LogP contribution in [0, 0.1) is 12.3 Å². The number of alkyl halides is 3. The lowest BCUT2D eigenvalue weighted by molar-refractivity contribution is -0.337. The molecular weight excluding hydrogens is 475 g/mol. The second-order valence-corrected chi connectivity index (χ2v) is 10.3. The van der Waals surface area contributed by atoms with Gasteiger partial charge >= 0.3 is 6.18 Å². The largest absolute Gasteiger partial charge is 0.481 e. The quantitative estimate of drug-likeness (QED) is 0.540. The van der Waals surface area contributed by atoms with E-state index in [1.807, 2.05) is 17.0 Å². The van der Waals surface area contributed by atoms with Crippen molar-refractivity contribution in [2.75, 3.05) is 31.7 Å². The normalized spacial score (nSPS) is 27.5. The van der Waals surface area contributed by atoms with Gasteiger partial charge in [0.05, 0.1) is 35.7 Å². The van der Waals surface area contributed by atoms with Crippen LogP contribution in [0.2, 0.25) is 0 Å². The summed E-state index contributed by atoms with van der Waals surface area (Å²) in [6.45, 7) is 3.21. The molecule has 3 aliphatic carbocycles. The highest BCUT2D eigenvalue weighted by Crippen LogP contribution is 2.78. The van der Waals surface area contributed by atoms with Gasteiger partial charge in [0.1, 0.15) is 17.7 Å². The van der Waals surface area contributed by atoms with E-state index in [4.69, 9.17) is 14.5 Å². The van der Waals surface area contributed by atoms with Gasteiger partial charge in [0.25, 0.3) is 5.56 Å². The lowest BCUT2D eigenvalue weighted by atomic mass is 9.33. The summed E-state index contributed by atoms with van der Waals surface area (Å²) in [6.07, 6.45) is -2.95. The molecule has 7 rings (SSSR count). The number of pyridine rings is 2. The van der Waals surface area contributed by atoms with Crippen LogP contribution in [0.5, 0.6) is 5.88 Å². The van der Waals surface area contributed by atoms with E-state index in [1.165, 1.54) is 4.57 Å². The van der Waals surface area contributed by atoms with Crippen molar-refractivity contribution in [3.8, 4) is 5.88 Å². The molecule has 8 nitrogen and oxygen atoms in total. The van der Waals surface area contributed by atoms with E-state index in [9.17, 15) is 18.0 Å². The fourth-order valence-corrected chi connectivity index (χ4v) is 6.06. The van der Waals surface area contributed by atoms with Crippen molar-refractivity contribution in [3.05, 3.63) is 51.8 Å². The summed E-state index contributed by atoms with van der Waals surface area (Å²) in [5, 5.41) is 0.325. The van der Waals surface area contributed by atoms with Gasteiger partial charge in [-0.15, -0.1) is 0 Å². The predicted octanol–water partition coefficient (Wildman–Crippen LogP) is 3.60. The van der Waals surface area contributed by atoms with E-state index in [0.717, 1.165) is 5.56 Å². The first-order valence-electron chi connectivity index (χ1n) is 11.9. The van der Waals surface area contributed by atoms with Gasteiger partial charge in [-0.25, -0.2) is 15.0 Å². The highest BCUT2D eigenvalue weighted by molar-refractivity contribution is 5.84. The van der Waals surface area contributed by atoms with E-state index < -0.39 is 17.0 Å². The minimum Gasteiger partial charge on any atom is -0.481 e. The first-order chi connectivity index (χ1) is 17.1. The SMILES string of the molecule is COc1cc([C@@H]2CN(c3cc4nc(C)n(C)c(=O)c4c(C45CC(C(F)(F)F)(C4)C5)n3)CCO2)ccn1. The molecule has 0 aromatic carbocycles. The van der Waals surface area contributed by atoms with Crippen LogP contribution in [0.4, 0.5) is 19.0 Å². The second kappa shape index (κ2) is 7.64. The molecule has 0 N–H and O–H groups in total. The number of aryl methyl sites for hydroxylation is 1. The van der Waals surface area contributed by atoms with Crippen molar-refractivity contribution in [1.29, 1.82) is 0 Å². The molecule has 0 spiro atoms. The molecule has 1 aliphatic heterocycles. The molecule has 190 valence electrons. The van der Waals surface area contributed by atoms with Gasteiger partial charge in [0, 0.05) is 43.9 Å². The molecule has 4 aliphatic rings. The number of methoxy groups -OCH3 is 1. The van der Waals surface area contributed by atoms with E-state index >= 15 is 0 Å². The first kappa shape index (κ1) is 23.2. The standard InChI is InChI=1S/C25H26F3N5O3/c1-14-30-16-9-18(33-6-7-36-17(10-33)15-4-5-29-19(8-15)35-3)31-21(20(16)22(34)32(14)2)23-11-24(12-23,13-23)25(26,27)28/h4-5,8-9,17H,6-7,10-13H2,1-3H3/t17-,23?,24?/m0/s1. The molecule has 4 heterocycles. The molecule has 2 bridgehead atoms. The van der Waals surface area contributed by atoms with Crippen molar-refractivity contribution >= 4 is 16.7 Å². The number of ether oxygens (including phenoxy) is 2. The average Bonchev–Trinajstić information content (AvgIpc) is 2.79. The zero-order chi connectivity index (χ0) is 25.5. The minimum absolute atomic E-state index is 0.0331. The Kier molecular flexibility index (Phi) is 4.93. The Morgan fingerprint density at radius 1 is 1.19 bits per heavy atom. The lowest BCUT2D eigenvalue weighted by Gasteiger charge is -2.70. The number of fused-ring (bicyclic) bond motifs is 1. The monoisotopic (exact) mass is 501 g/mol. The summed E-state index contributed by atoms with van der Waals surface area (Å²) in [5.74, 6) is 1.61. The van der Waals surface area contributed by atoms with Crippen LogP contribution in [0.3, 0.4) is 0 Å². The number of nitrogens with zero attached hydrogens (tertiary/aromatic N) is 5. The topological polar surface area (TPSA) is 82.4 Å². The minimum atomic E-state index is -4.25. The summed E-state index contributed by atoms with van der Waals surface area (Å²) in [5.41, 5.74) is -0.845. The van der Waals surface area contributed by atoms with Crippen LogP contribution in [-0.4, -0.2) is 52.5 Å². The van der Waals surface area contributed by atoms with Crippen LogP contribution in [-0.2, 0) is 17.2 Å². The third-order valence-corrected chi connectivity index (χ3v) is 8.14. The number of rotatable bonds is 4. The van der Waals surface area contributed by atoms with Gasteiger partial charge in [-0.1, -0.05) is 0 Å². The molecule has 4 fully saturated rings. The molecule has 0 amide bonds. The fourth-order valence-electron chi connectivity index (χ4n) is 6.06. The van der Waals surface area contributed by atoms with Gasteiger partial charge in [-0.05, 0) is 37.8 Å². The van der Waals surface area contributed by atoms with Crippen molar-refractivity contribution in [1.82, 2.24) is 19.5 Å². The van der Waals surface area contributed by atoms with Crippen molar-refractivity contribution < 1.29 is 22.6 Å². The summed E-state index contributed by atoms with van der Waals surface area (Å²) in [7, 11) is 3.17. The van der Waals surface area contributed by atoms with Crippen LogP contribution >= 0.6 is 0 Å². The Balaban J connectivity index is 1.41. The van der Waals surface area contributed by atoms with Crippen LogP contribution in [0.15, 0.2) is 29.2 Å². The maximum absolute atomic E-state index is 13.6. The predicted molar refractivity (Wildman–Crippen MR) is 125 cm³/mol. The molecule has 0 radical (unpaired) electrons. The van der Waals surface area contributed by atoms with Crippen LogP contribution in [0.25, 0.3) is 10.9 Å². The Morgan fingerprint density at radius 3 is 2.64 bits per heavy atom. The number of anilines is 1. The zero-order valence-corrected chi connectivity index (χ0v) is 20.2. The maximum atomic E-state index is 13.6. The molecule has 3 aromatic heterocycles. The Morgan fingerprint density at radius 2 is 1.94 bits per heavy atom. The molecule has 3 aromatic rings. The first-order valence-corrected chi connectivity index (χ1v) is 11.9. The smallest absolute Gasteiger partial charge is 0.394 e. The third-order valence-electron chi connectivity index (χ3n) is 8.14. The molecule has 1 saturated heterocycles. The number of aromatic nitrogens is 4. The lowest BCUT2D eigenvalue weighted by Crippen LogP contribution is -2.70. The highest BCUT2D eigenvalue weighted by atomic mass is 19.4. The van der Waals surface area contributed by atoms with E-state index in [0.29, 0.717) is 53.8 Å². The van der Waals surface area contributed by atoms with Gasteiger partial charge < -0.3 is 14.4 Å². The van der Waals surface area contributed by atoms with Crippen LogP contribution < -0.4 is 15.2 Å². The number of hydrogen-bond acceptors (Lipinski definition) is 7. The number of halogens is 3. The molecular formula is C25H26F3N5O3. The van der Waals surface area contributed by atoms with E-state index in [-0.39, 0.29) is 30.9 Å². The molecule has 3 saturated carbocycles. The molecule has 11 heteroatoms. The van der Waals surface area contributed by atoms with E-state index in [1.54, 1.807) is 33.3 Å². The molecule has 0 unspecified atom stereocenters. The number of morpholine rings is 1. The zero-order valence-electron chi connectivity index (χ0n) is 20.2. The van der Waals surface area contributed by atoms with Gasteiger partial charge in [-0.3, -0.25) is 9.36 Å². The molecule has 1 atom stereocenters. The number of hydrogen-bond donors (Lipinski definition) is 0. The van der Waals surface area contributed by atoms with Gasteiger partial charge in [-0.2, -0.15) is 13.2 Å². The van der Waals surface area contributed by atoms with Crippen molar-refractivity contribution in [2.24, 2.45) is 12.5 Å².